The number of benzene rings is 1. The minimum atomic E-state index is -0.463. The third-order valence-electron chi connectivity index (χ3n) is 2.86. The van der Waals surface area contributed by atoms with Gasteiger partial charge in [0.15, 0.2) is 0 Å². The highest BCUT2D eigenvalue weighted by molar-refractivity contribution is 5.96. The Bertz CT molecular complexity index is 480. The van der Waals surface area contributed by atoms with Crippen molar-refractivity contribution in [3.63, 3.8) is 0 Å². The Hall–Kier alpha value is -1.95. The van der Waals surface area contributed by atoms with Crippen molar-refractivity contribution in [3.8, 4) is 0 Å². The molecule has 1 saturated heterocycles. The maximum atomic E-state index is 13.1. The summed E-state index contributed by atoms with van der Waals surface area (Å²) in [5.74, 6) is -1.16. The summed E-state index contributed by atoms with van der Waals surface area (Å²) in [7, 11) is 0. The number of rotatable bonds is 4. The van der Waals surface area contributed by atoms with E-state index in [0.29, 0.717) is 5.56 Å². The van der Waals surface area contributed by atoms with E-state index >= 15 is 0 Å². The summed E-state index contributed by atoms with van der Waals surface area (Å²) in [5.41, 5.74) is 0.880. The molecule has 0 unspecified atom stereocenters. The van der Waals surface area contributed by atoms with Gasteiger partial charge in [-0.1, -0.05) is 0 Å². The van der Waals surface area contributed by atoms with Crippen molar-refractivity contribution in [2.75, 3.05) is 19.6 Å². The third kappa shape index (κ3) is 3.75. The van der Waals surface area contributed by atoms with Crippen LogP contribution in [0, 0.1) is 12.7 Å². The van der Waals surface area contributed by atoms with Crippen molar-refractivity contribution < 1.29 is 14.0 Å². The lowest BCUT2D eigenvalue weighted by Gasteiger charge is -2.27. The SMILES string of the molecule is Cc1cc(F)cc(C(=O)NCC(=O)NC2CNC2)c1. The lowest BCUT2D eigenvalue weighted by Crippen LogP contribution is -2.58. The van der Waals surface area contributed by atoms with E-state index in [9.17, 15) is 14.0 Å². The van der Waals surface area contributed by atoms with Gasteiger partial charge in [0, 0.05) is 18.7 Å². The molecular formula is C13H16FN3O2. The van der Waals surface area contributed by atoms with Crippen LogP contribution in [0.5, 0.6) is 0 Å². The fourth-order valence-corrected chi connectivity index (χ4v) is 1.80. The summed E-state index contributed by atoms with van der Waals surface area (Å²) < 4.78 is 13.1. The van der Waals surface area contributed by atoms with Crippen LogP contribution in [0.1, 0.15) is 15.9 Å². The maximum Gasteiger partial charge on any atom is 0.251 e. The highest BCUT2D eigenvalue weighted by Crippen LogP contribution is 2.08. The summed E-state index contributed by atoms with van der Waals surface area (Å²) in [4.78, 5) is 23.2. The van der Waals surface area contributed by atoms with Crippen LogP contribution in [0.15, 0.2) is 18.2 Å². The van der Waals surface area contributed by atoms with Gasteiger partial charge in [0.25, 0.3) is 5.91 Å². The lowest BCUT2D eigenvalue weighted by molar-refractivity contribution is -0.121. The van der Waals surface area contributed by atoms with Gasteiger partial charge < -0.3 is 16.0 Å². The van der Waals surface area contributed by atoms with Crippen LogP contribution < -0.4 is 16.0 Å². The first kappa shape index (κ1) is 13.5. The zero-order chi connectivity index (χ0) is 13.8. The highest BCUT2D eigenvalue weighted by Gasteiger charge is 2.18. The van der Waals surface area contributed by atoms with E-state index in [1.54, 1.807) is 13.0 Å². The number of carbonyl (C=O) groups excluding carboxylic acids is 2. The molecule has 0 aromatic heterocycles. The molecule has 0 bridgehead atoms. The van der Waals surface area contributed by atoms with E-state index in [1.165, 1.54) is 6.07 Å². The van der Waals surface area contributed by atoms with Crippen molar-refractivity contribution in [1.82, 2.24) is 16.0 Å². The number of aryl methyl sites for hydroxylation is 1. The molecule has 19 heavy (non-hydrogen) atoms. The molecule has 2 amide bonds. The molecule has 2 rings (SSSR count). The summed E-state index contributed by atoms with van der Waals surface area (Å²) in [6, 6.07) is 4.20. The predicted molar refractivity (Wildman–Crippen MR) is 68.3 cm³/mol. The van der Waals surface area contributed by atoms with Crippen LogP contribution >= 0.6 is 0 Å². The first-order valence-corrected chi connectivity index (χ1v) is 6.10. The Balaban J connectivity index is 1.84. The number of hydrogen-bond acceptors (Lipinski definition) is 3. The van der Waals surface area contributed by atoms with Crippen LogP contribution in [-0.4, -0.2) is 37.5 Å². The first-order chi connectivity index (χ1) is 9.04. The second-order valence-corrected chi connectivity index (χ2v) is 4.62. The second kappa shape index (κ2) is 5.79. The standard InChI is InChI=1S/C13H16FN3O2/c1-8-2-9(4-10(14)3-8)13(19)16-7-12(18)17-11-5-15-6-11/h2-4,11,15H,5-7H2,1H3,(H,16,19)(H,17,18). The third-order valence-corrected chi connectivity index (χ3v) is 2.86. The van der Waals surface area contributed by atoms with Gasteiger partial charge in [0.05, 0.1) is 12.6 Å². The van der Waals surface area contributed by atoms with E-state index in [2.05, 4.69) is 16.0 Å². The van der Waals surface area contributed by atoms with E-state index in [-0.39, 0.29) is 24.1 Å². The molecule has 5 nitrogen and oxygen atoms in total. The average molecular weight is 265 g/mol. The molecule has 6 heteroatoms. The van der Waals surface area contributed by atoms with Crippen molar-refractivity contribution >= 4 is 11.8 Å². The number of amides is 2. The van der Waals surface area contributed by atoms with Gasteiger partial charge >= 0.3 is 0 Å². The summed E-state index contributed by atoms with van der Waals surface area (Å²) >= 11 is 0. The molecule has 1 fully saturated rings. The molecule has 0 spiro atoms. The zero-order valence-corrected chi connectivity index (χ0v) is 10.6. The molecule has 1 aromatic rings. The normalized spacial score (nSPS) is 14.6. The van der Waals surface area contributed by atoms with E-state index in [4.69, 9.17) is 0 Å². The van der Waals surface area contributed by atoms with Crippen LogP contribution in [0.25, 0.3) is 0 Å². The zero-order valence-electron chi connectivity index (χ0n) is 10.6. The fourth-order valence-electron chi connectivity index (χ4n) is 1.80. The Morgan fingerprint density at radius 3 is 2.68 bits per heavy atom. The quantitative estimate of drug-likeness (QED) is 0.715. The van der Waals surface area contributed by atoms with Crippen LogP contribution in [-0.2, 0) is 4.79 Å². The van der Waals surface area contributed by atoms with Crippen molar-refractivity contribution in [2.45, 2.75) is 13.0 Å². The Kier molecular flexibility index (Phi) is 4.11. The molecule has 102 valence electrons. The van der Waals surface area contributed by atoms with Crippen LogP contribution in [0.2, 0.25) is 0 Å². The molecule has 1 aliphatic rings. The van der Waals surface area contributed by atoms with E-state index in [0.717, 1.165) is 19.2 Å². The van der Waals surface area contributed by atoms with Gasteiger partial charge in [-0.3, -0.25) is 9.59 Å². The Labute approximate surface area is 110 Å². The fraction of sp³-hybridized carbons (Fsp3) is 0.385. The Morgan fingerprint density at radius 1 is 1.37 bits per heavy atom. The first-order valence-electron chi connectivity index (χ1n) is 6.10. The minimum absolute atomic E-state index is 0.106. The second-order valence-electron chi connectivity index (χ2n) is 4.62. The molecule has 1 aliphatic heterocycles. The molecule has 0 radical (unpaired) electrons. The molecular weight excluding hydrogens is 249 g/mol. The summed E-state index contributed by atoms with van der Waals surface area (Å²) in [5, 5.41) is 8.25. The largest absolute Gasteiger partial charge is 0.349 e. The van der Waals surface area contributed by atoms with Gasteiger partial charge in [-0.15, -0.1) is 0 Å². The molecule has 1 heterocycles. The van der Waals surface area contributed by atoms with Gasteiger partial charge in [0.1, 0.15) is 5.82 Å². The van der Waals surface area contributed by atoms with Crippen molar-refractivity contribution in [2.24, 2.45) is 0 Å². The molecule has 0 saturated carbocycles. The van der Waals surface area contributed by atoms with Crippen molar-refractivity contribution in [1.29, 1.82) is 0 Å². The number of hydrogen-bond donors (Lipinski definition) is 3. The molecule has 0 aliphatic carbocycles. The van der Waals surface area contributed by atoms with Crippen molar-refractivity contribution in [3.05, 3.63) is 35.1 Å². The van der Waals surface area contributed by atoms with Gasteiger partial charge in [-0.25, -0.2) is 4.39 Å². The van der Waals surface area contributed by atoms with Gasteiger partial charge in [-0.05, 0) is 30.7 Å². The molecule has 1 aromatic carbocycles. The topological polar surface area (TPSA) is 70.2 Å². The number of nitrogens with one attached hydrogen (secondary N) is 3. The Morgan fingerprint density at radius 2 is 2.11 bits per heavy atom. The highest BCUT2D eigenvalue weighted by atomic mass is 19.1. The lowest BCUT2D eigenvalue weighted by atomic mass is 10.1. The molecule has 3 N–H and O–H groups in total. The van der Waals surface area contributed by atoms with Gasteiger partial charge in [0.2, 0.25) is 5.91 Å². The average Bonchev–Trinajstić information content (AvgIpc) is 2.29. The maximum absolute atomic E-state index is 13.1. The predicted octanol–water partition coefficient (Wildman–Crippen LogP) is -0.0481. The smallest absolute Gasteiger partial charge is 0.251 e. The van der Waals surface area contributed by atoms with Gasteiger partial charge in [-0.2, -0.15) is 0 Å². The summed E-state index contributed by atoms with van der Waals surface area (Å²) in [6.45, 7) is 3.10. The van der Waals surface area contributed by atoms with Crippen LogP contribution in [0.4, 0.5) is 4.39 Å². The summed E-state index contributed by atoms with van der Waals surface area (Å²) in [6.07, 6.45) is 0. The van der Waals surface area contributed by atoms with E-state index in [1.807, 2.05) is 0 Å². The number of halogens is 1. The number of carbonyl (C=O) groups is 2. The van der Waals surface area contributed by atoms with E-state index < -0.39 is 11.7 Å². The molecule has 0 atom stereocenters. The minimum Gasteiger partial charge on any atom is -0.349 e. The van der Waals surface area contributed by atoms with Crippen LogP contribution in [0.3, 0.4) is 0 Å². The monoisotopic (exact) mass is 265 g/mol.